The molecule has 26 heavy (non-hydrogen) atoms. The van der Waals surface area contributed by atoms with Crippen LogP contribution in [0.1, 0.15) is 11.3 Å². The summed E-state index contributed by atoms with van der Waals surface area (Å²) < 4.78 is 75.7. The van der Waals surface area contributed by atoms with Crippen molar-refractivity contribution in [2.24, 2.45) is 0 Å². The molecule has 3 rings (SSSR count). The summed E-state index contributed by atoms with van der Waals surface area (Å²) >= 11 is -2.44. The van der Waals surface area contributed by atoms with Gasteiger partial charge in [-0.25, -0.2) is 9.07 Å². The Bertz CT molecular complexity index is 981. The Morgan fingerprint density at radius 3 is 2.27 bits per heavy atom. The van der Waals surface area contributed by atoms with Gasteiger partial charge in [0.15, 0.2) is 5.69 Å². The van der Waals surface area contributed by atoms with Crippen LogP contribution in [0.4, 0.5) is 17.6 Å². The molecule has 0 aliphatic carbocycles. The van der Waals surface area contributed by atoms with E-state index in [1.807, 2.05) is 0 Å². The molecule has 0 aliphatic heterocycles. The van der Waals surface area contributed by atoms with Crippen LogP contribution >= 0.6 is 0 Å². The number of hydrogen-bond donors (Lipinski definition) is 0. The molecular formula is C17H11F4N2O2S-. The lowest BCUT2D eigenvalue weighted by molar-refractivity contribution is -0.141. The van der Waals surface area contributed by atoms with Crippen LogP contribution in [0, 0.1) is 12.7 Å². The van der Waals surface area contributed by atoms with Gasteiger partial charge in [-0.05, 0) is 60.0 Å². The van der Waals surface area contributed by atoms with Gasteiger partial charge in [0.05, 0.1) is 11.4 Å². The van der Waals surface area contributed by atoms with E-state index in [-0.39, 0.29) is 21.8 Å². The van der Waals surface area contributed by atoms with Gasteiger partial charge in [-0.15, -0.1) is 0 Å². The summed E-state index contributed by atoms with van der Waals surface area (Å²) in [4.78, 5) is 0.00786. The first-order valence-electron chi connectivity index (χ1n) is 7.30. The number of aryl methyl sites for hydroxylation is 1. The number of benzene rings is 2. The average molecular weight is 383 g/mol. The summed E-state index contributed by atoms with van der Waals surface area (Å²) in [6.45, 7) is 1.49. The summed E-state index contributed by atoms with van der Waals surface area (Å²) in [5, 5.41) is 3.60. The maximum atomic E-state index is 13.5. The second-order valence-corrected chi connectivity index (χ2v) is 6.46. The first-order chi connectivity index (χ1) is 12.2. The van der Waals surface area contributed by atoms with Gasteiger partial charge in [0.25, 0.3) is 0 Å². The van der Waals surface area contributed by atoms with E-state index in [9.17, 15) is 26.3 Å². The fourth-order valence-electron chi connectivity index (χ4n) is 2.42. The van der Waals surface area contributed by atoms with Gasteiger partial charge in [-0.3, -0.25) is 4.21 Å². The molecule has 0 saturated carbocycles. The van der Waals surface area contributed by atoms with Crippen molar-refractivity contribution in [3.63, 3.8) is 0 Å². The Balaban J connectivity index is 2.18. The Morgan fingerprint density at radius 1 is 1.08 bits per heavy atom. The molecule has 1 heterocycles. The molecule has 0 bridgehead atoms. The van der Waals surface area contributed by atoms with Crippen molar-refractivity contribution in [1.29, 1.82) is 0 Å². The fraction of sp³-hybridized carbons (Fsp3) is 0.118. The molecule has 1 aromatic heterocycles. The van der Waals surface area contributed by atoms with Crippen molar-refractivity contribution in [1.82, 2.24) is 9.78 Å². The molecule has 1 atom stereocenters. The third kappa shape index (κ3) is 3.54. The molecule has 0 radical (unpaired) electrons. The highest BCUT2D eigenvalue weighted by molar-refractivity contribution is 7.79. The number of hydrogen-bond acceptors (Lipinski definition) is 3. The van der Waals surface area contributed by atoms with Gasteiger partial charge in [0.2, 0.25) is 0 Å². The van der Waals surface area contributed by atoms with E-state index in [0.717, 1.165) is 16.8 Å². The van der Waals surface area contributed by atoms with Gasteiger partial charge in [-0.1, -0.05) is 12.1 Å². The van der Waals surface area contributed by atoms with Crippen LogP contribution in [0.3, 0.4) is 0 Å². The maximum Gasteiger partial charge on any atom is 0.435 e. The molecule has 0 amide bonds. The lowest BCUT2D eigenvalue weighted by atomic mass is 10.1. The lowest BCUT2D eigenvalue weighted by Gasteiger charge is -2.10. The SMILES string of the molecule is Cc1cc(-n2nc(C(F)(F)F)cc2-c2ccc(S(=O)[O-])cc2)ccc1F. The van der Waals surface area contributed by atoms with Crippen LogP contribution in [0.25, 0.3) is 16.9 Å². The minimum Gasteiger partial charge on any atom is -0.768 e. The third-order valence-corrected chi connectivity index (χ3v) is 4.39. The maximum absolute atomic E-state index is 13.5. The fourth-order valence-corrected chi connectivity index (χ4v) is 2.78. The van der Waals surface area contributed by atoms with Gasteiger partial charge in [0, 0.05) is 10.5 Å². The van der Waals surface area contributed by atoms with Crippen LogP contribution in [0.5, 0.6) is 0 Å². The molecule has 2 aromatic carbocycles. The van der Waals surface area contributed by atoms with Crippen molar-refractivity contribution in [3.05, 3.63) is 65.6 Å². The third-order valence-electron chi connectivity index (χ3n) is 3.73. The van der Waals surface area contributed by atoms with Crippen LogP contribution in [0.2, 0.25) is 0 Å². The average Bonchev–Trinajstić information content (AvgIpc) is 3.03. The molecular weight excluding hydrogens is 372 g/mol. The van der Waals surface area contributed by atoms with E-state index in [1.54, 1.807) is 0 Å². The quantitative estimate of drug-likeness (QED) is 0.502. The zero-order valence-corrected chi connectivity index (χ0v) is 14.1. The Labute approximate surface area is 148 Å². The van der Waals surface area contributed by atoms with E-state index in [2.05, 4.69) is 5.10 Å². The number of halogens is 4. The van der Waals surface area contributed by atoms with Crippen LogP contribution in [-0.2, 0) is 17.3 Å². The van der Waals surface area contributed by atoms with Gasteiger partial charge >= 0.3 is 6.18 Å². The Kier molecular flexibility index (Phi) is 4.68. The minimum absolute atomic E-state index is 0.00786. The number of aromatic nitrogens is 2. The van der Waals surface area contributed by atoms with Crippen molar-refractivity contribution in [2.45, 2.75) is 18.0 Å². The highest BCUT2D eigenvalue weighted by Crippen LogP contribution is 2.33. The molecule has 0 aliphatic rings. The van der Waals surface area contributed by atoms with E-state index in [0.29, 0.717) is 5.56 Å². The molecule has 4 nitrogen and oxygen atoms in total. The summed E-state index contributed by atoms with van der Waals surface area (Å²) in [6, 6.07) is 10.0. The first-order valence-corrected chi connectivity index (χ1v) is 8.38. The molecule has 1 unspecified atom stereocenters. The number of rotatable bonds is 3. The predicted octanol–water partition coefficient (Wildman–Crippen LogP) is 4.24. The van der Waals surface area contributed by atoms with Gasteiger partial charge in [0.1, 0.15) is 5.82 Å². The topological polar surface area (TPSA) is 58.0 Å². The molecule has 0 N–H and O–H groups in total. The van der Waals surface area contributed by atoms with Crippen LogP contribution in [-0.4, -0.2) is 18.5 Å². The highest BCUT2D eigenvalue weighted by atomic mass is 32.2. The van der Waals surface area contributed by atoms with E-state index in [4.69, 9.17) is 0 Å². The van der Waals surface area contributed by atoms with Gasteiger partial charge in [-0.2, -0.15) is 18.3 Å². The van der Waals surface area contributed by atoms with Gasteiger partial charge < -0.3 is 4.55 Å². The first kappa shape index (κ1) is 18.3. The molecule has 3 aromatic rings. The van der Waals surface area contributed by atoms with E-state index >= 15 is 0 Å². The summed E-state index contributed by atoms with van der Waals surface area (Å²) in [5.74, 6) is -0.485. The summed E-state index contributed by atoms with van der Waals surface area (Å²) in [7, 11) is 0. The van der Waals surface area contributed by atoms with E-state index < -0.39 is 28.8 Å². The number of alkyl halides is 3. The molecule has 0 saturated heterocycles. The Hall–Kier alpha value is -2.52. The summed E-state index contributed by atoms with van der Waals surface area (Å²) in [6.07, 6.45) is -4.66. The zero-order chi connectivity index (χ0) is 19.1. The highest BCUT2D eigenvalue weighted by Gasteiger charge is 2.35. The standard InChI is InChI=1S/C17H12F4N2O2S/c1-10-8-12(4-7-14(10)18)23-15(9-16(22-23)17(19,20)21)11-2-5-13(6-3-11)26(24)25/h2-9H,1H3,(H,24,25)/p-1. The largest absolute Gasteiger partial charge is 0.768 e. The Morgan fingerprint density at radius 2 is 1.73 bits per heavy atom. The normalized spacial score (nSPS) is 13.0. The lowest BCUT2D eigenvalue weighted by Crippen LogP contribution is -2.07. The number of nitrogens with zero attached hydrogens (tertiary/aromatic N) is 2. The molecule has 9 heteroatoms. The predicted molar refractivity (Wildman–Crippen MR) is 85.9 cm³/mol. The molecule has 0 fully saturated rings. The van der Waals surface area contributed by atoms with Crippen LogP contribution < -0.4 is 0 Å². The molecule has 0 spiro atoms. The second kappa shape index (κ2) is 6.65. The zero-order valence-electron chi connectivity index (χ0n) is 13.2. The van der Waals surface area contributed by atoms with Crippen LogP contribution in [0.15, 0.2) is 53.4 Å². The van der Waals surface area contributed by atoms with Crippen molar-refractivity contribution in [2.75, 3.05) is 0 Å². The molecule has 136 valence electrons. The smallest absolute Gasteiger partial charge is 0.435 e. The summed E-state index contributed by atoms with van der Waals surface area (Å²) in [5.41, 5.74) is -0.151. The van der Waals surface area contributed by atoms with E-state index in [1.165, 1.54) is 43.3 Å². The minimum atomic E-state index is -4.66. The van der Waals surface area contributed by atoms with Crippen molar-refractivity contribution >= 4 is 11.1 Å². The second-order valence-electron chi connectivity index (χ2n) is 5.52. The van der Waals surface area contributed by atoms with Crippen molar-refractivity contribution in [3.8, 4) is 16.9 Å². The monoisotopic (exact) mass is 383 g/mol. The van der Waals surface area contributed by atoms with Crippen molar-refractivity contribution < 1.29 is 26.3 Å².